The number of hydrogen-bond acceptors (Lipinski definition) is 8. The Morgan fingerprint density at radius 2 is 2.29 bits per heavy atom. The van der Waals surface area contributed by atoms with Crippen molar-refractivity contribution in [3.63, 3.8) is 0 Å². The Morgan fingerprint density at radius 1 is 1.57 bits per heavy atom. The highest BCUT2D eigenvalue weighted by atomic mass is 32.2. The molecule has 1 aliphatic rings. The molecule has 1 saturated heterocycles. The first-order valence-electron chi connectivity index (χ1n) is 6.59. The van der Waals surface area contributed by atoms with Crippen molar-refractivity contribution in [3.05, 3.63) is 0 Å². The van der Waals surface area contributed by atoms with Gasteiger partial charge < -0.3 is 10.6 Å². The zero-order valence-corrected chi connectivity index (χ0v) is 14.3. The van der Waals surface area contributed by atoms with Crippen LogP contribution >= 0.6 is 23.1 Å². The van der Waals surface area contributed by atoms with Crippen LogP contribution in [0, 0.1) is 0 Å². The first kappa shape index (κ1) is 16.5. The summed E-state index contributed by atoms with van der Waals surface area (Å²) < 4.78 is 23.8. The molecule has 0 bridgehead atoms. The molecule has 118 valence electrons. The van der Waals surface area contributed by atoms with E-state index in [-0.39, 0.29) is 28.7 Å². The molecule has 1 aromatic rings. The molecule has 0 aliphatic carbocycles. The van der Waals surface area contributed by atoms with E-state index in [2.05, 4.69) is 10.2 Å². The summed E-state index contributed by atoms with van der Waals surface area (Å²) in [5.74, 6) is 0.157. The lowest BCUT2D eigenvalue weighted by atomic mass is 10.2. The maximum absolute atomic E-state index is 12.5. The Labute approximate surface area is 132 Å². The van der Waals surface area contributed by atoms with Crippen LogP contribution < -0.4 is 5.73 Å². The summed E-state index contributed by atoms with van der Waals surface area (Å²) in [7, 11) is -3.00. The Hall–Kier alpha value is -0.870. The third-order valence-corrected chi connectivity index (χ3v) is 6.99. The van der Waals surface area contributed by atoms with E-state index in [4.69, 9.17) is 5.73 Å². The number of thioether (sulfide) groups is 1. The minimum Gasteiger partial charge on any atom is -0.374 e. The Kier molecular flexibility index (Phi) is 5.10. The van der Waals surface area contributed by atoms with Gasteiger partial charge in [-0.3, -0.25) is 4.79 Å². The van der Waals surface area contributed by atoms with Gasteiger partial charge in [0.1, 0.15) is 0 Å². The van der Waals surface area contributed by atoms with Crippen LogP contribution in [0.5, 0.6) is 0 Å². The molecule has 1 aliphatic heterocycles. The summed E-state index contributed by atoms with van der Waals surface area (Å²) in [5.41, 5.74) is 5.52. The summed E-state index contributed by atoms with van der Waals surface area (Å²) in [6, 6.07) is -0.213. The number of rotatable bonds is 5. The molecule has 1 fully saturated rings. The number of anilines is 1. The van der Waals surface area contributed by atoms with Crippen molar-refractivity contribution in [3.8, 4) is 0 Å². The molecule has 2 rings (SSSR count). The van der Waals surface area contributed by atoms with Gasteiger partial charge >= 0.3 is 0 Å². The van der Waals surface area contributed by atoms with Crippen LogP contribution in [0.4, 0.5) is 5.13 Å². The van der Waals surface area contributed by atoms with Gasteiger partial charge in [0.15, 0.2) is 14.2 Å². The second kappa shape index (κ2) is 6.49. The van der Waals surface area contributed by atoms with Crippen molar-refractivity contribution in [1.82, 2.24) is 15.1 Å². The zero-order valence-electron chi connectivity index (χ0n) is 11.9. The monoisotopic (exact) mass is 350 g/mol. The number of aromatic nitrogens is 2. The molecule has 21 heavy (non-hydrogen) atoms. The van der Waals surface area contributed by atoms with Crippen LogP contribution in [0.1, 0.15) is 20.3 Å². The number of carbonyl (C=O) groups is 1. The van der Waals surface area contributed by atoms with Gasteiger partial charge in [-0.25, -0.2) is 8.42 Å². The normalized spacial score (nSPS) is 22.1. The molecular weight excluding hydrogens is 332 g/mol. The average molecular weight is 350 g/mol. The SMILES string of the molecule is CCN(C(=O)[C@H](C)Sc1nnc(N)s1)[C@H]1CCS(=O)(=O)C1. The summed E-state index contributed by atoms with van der Waals surface area (Å²) in [4.78, 5) is 14.2. The molecule has 10 heteroatoms. The van der Waals surface area contributed by atoms with E-state index >= 15 is 0 Å². The van der Waals surface area contributed by atoms with Crippen LogP contribution in [-0.4, -0.2) is 58.8 Å². The van der Waals surface area contributed by atoms with Crippen molar-refractivity contribution in [2.24, 2.45) is 0 Å². The van der Waals surface area contributed by atoms with Gasteiger partial charge in [-0.15, -0.1) is 10.2 Å². The van der Waals surface area contributed by atoms with E-state index in [1.165, 1.54) is 23.1 Å². The molecule has 1 amide bonds. The first-order chi connectivity index (χ1) is 9.82. The van der Waals surface area contributed by atoms with Crippen molar-refractivity contribution in [1.29, 1.82) is 0 Å². The van der Waals surface area contributed by atoms with Crippen LogP contribution in [0.25, 0.3) is 0 Å². The Balaban J connectivity index is 2.02. The quantitative estimate of drug-likeness (QED) is 0.776. The minimum absolute atomic E-state index is 0.0652. The number of nitrogens with zero attached hydrogens (tertiary/aromatic N) is 3. The van der Waals surface area contributed by atoms with Crippen molar-refractivity contribution in [2.45, 2.75) is 35.9 Å². The predicted molar refractivity (Wildman–Crippen MR) is 84.1 cm³/mol. The number of hydrogen-bond donors (Lipinski definition) is 1. The third-order valence-electron chi connectivity index (χ3n) is 3.32. The fourth-order valence-electron chi connectivity index (χ4n) is 2.32. The number of amides is 1. The molecule has 2 N–H and O–H groups in total. The fraction of sp³-hybridized carbons (Fsp3) is 0.727. The summed E-state index contributed by atoms with van der Waals surface area (Å²) in [6.07, 6.45) is 0.519. The number of carbonyl (C=O) groups excluding carboxylic acids is 1. The summed E-state index contributed by atoms with van der Waals surface area (Å²) in [6.45, 7) is 4.15. The fourth-order valence-corrected chi connectivity index (χ4v) is 5.90. The van der Waals surface area contributed by atoms with Crippen LogP contribution in [-0.2, 0) is 14.6 Å². The molecule has 0 saturated carbocycles. The lowest BCUT2D eigenvalue weighted by Gasteiger charge is -2.29. The molecular formula is C11H18N4O3S3. The number of nitrogens with two attached hydrogens (primary N) is 1. The van der Waals surface area contributed by atoms with Gasteiger partial charge in [0.05, 0.1) is 16.8 Å². The highest BCUT2D eigenvalue weighted by Gasteiger charge is 2.35. The summed E-state index contributed by atoms with van der Waals surface area (Å²) in [5, 5.41) is 7.62. The standard InChI is InChI=1S/C11H18N4O3S3/c1-3-15(8-4-5-21(17,18)6-8)9(16)7(2)19-11-14-13-10(12)20-11/h7-8H,3-6H2,1-2H3,(H2,12,13)/t7-,8-/m0/s1. The zero-order chi connectivity index (χ0) is 15.6. The molecule has 2 atom stereocenters. The molecule has 0 spiro atoms. The molecule has 2 heterocycles. The lowest BCUT2D eigenvalue weighted by Crippen LogP contribution is -2.44. The smallest absolute Gasteiger partial charge is 0.236 e. The molecule has 7 nitrogen and oxygen atoms in total. The van der Waals surface area contributed by atoms with Crippen LogP contribution in [0.15, 0.2) is 4.34 Å². The number of nitrogen functional groups attached to an aromatic ring is 1. The second-order valence-corrected chi connectivity index (χ2v) is 9.67. The molecule has 0 radical (unpaired) electrons. The summed E-state index contributed by atoms with van der Waals surface area (Å²) >= 11 is 2.54. The largest absolute Gasteiger partial charge is 0.374 e. The highest BCUT2D eigenvalue weighted by molar-refractivity contribution is 8.02. The third kappa shape index (κ3) is 4.07. The first-order valence-corrected chi connectivity index (χ1v) is 10.1. The minimum atomic E-state index is -3.00. The van der Waals surface area contributed by atoms with Crippen LogP contribution in [0.3, 0.4) is 0 Å². The van der Waals surface area contributed by atoms with Gasteiger partial charge in [0.25, 0.3) is 0 Å². The van der Waals surface area contributed by atoms with Crippen molar-refractivity contribution >= 4 is 44.0 Å². The Morgan fingerprint density at radius 3 is 2.76 bits per heavy atom. The predicted octanol–water partition coefficient (Wildman–Crippen LogP) is 0.636. The van der Waals surface area contributed by atoms with Gasteiger partial charge in [0, 0.05) is 12.6 Å². The molecule has 0 unspecified atom stereocenters. The molecule has 1 aromatic heterocycles. The lowest BCUT2D eigenvalue weighted by molar-refractivity contribution is -0.131. The maximum Gasteiger partial charge on any atom is 0.236 e. The van der Waals surface area contributed by atoms with Gasteiger partial charge in [0.2, 0.25) is 11.0 Å². The number of sulfone groups is 1. The topological polar surface area (TPSA) is 106 Å². The van der Waals surface area contributed by atoms with Gasteiger partial charge in [-0.2, -0.15) is 0 Å². The highest BCUT2D eigenvalue weighted by Crippen LogP contribution is 2.29. The van der Waals surface area contributed by atoms with Crippen molar-refractivity contribution in [2.75, 3.05) is 23.8 Å². The maximum atomic E-state index is 12.5. The van der Waals surface area contributed by atoms with E-state index in [1.807, 2.05) is 6.92 Å². The van der Waals surface area contributed by atoms with E-state index in [0.717, 1.165) is 0 Å². The Bertz CT molecular complexity index is 616. The van der Waals surface area contributed by atoms with E-state index in [0.29, 0.717) is 22.4 Å². The average Bonchev–Trinajstić information content (AvgIpc) is 2.96. The van der Waals surface area contributed by atoms with Crippen LogP contribution in [0.2, 0.25) is 0 Å². The molecule has 0 aromatic carbocycles. The van der Waals surface area contributed by atoms with E-state index < -0.39 is 9.84 Å². The van der Waals surface area contributed by atoms with Crippen molar-refractivity contribution < 1.29 is 13.2 Å². The van der Waals surface area contributed by atoms with Gasteiger partial charge in [-0.05, 0) is 20.3 Å². The second-order valence-electron chi connectivity index (χ2n) is 4.85. The van der Waals surface area contributed by atoms with E-state index in [9.17, 15) is 13.2 Å². The van der Waals surface area contributed by atoms with Gasteiger partial charge in [-0.1, -0.05) is 23.1 Å². The van der Waals surface area contributed by atoms with E-state index in [1.54, 1.807) is 11.8 Å².